The summed E-state index contributed by atoms with van der Waals surface area (Å²) in [6, 6.07) is 14.3. The predicted molar refractivity (Wildman–Crippen MR) is 161 cm³/mol. The summed E-state index contributed by atoms with van der Waals surface area (Å²) in [7, 11) is -3.57. The number of rotatable bonds is 4. The molecule has 0 spiro atoms. The molecule has 1 atom stereocenters. The molecule has 9 nitrogen and oxygen atoms in total. The van der Waals surface area contributed by atoms with Gasteiger partial charge in [-0.25, -0.2) is 13.4 Å². The molecular weight excluding hydrogens is 560 g/mol. The first kappa shape index (κ1) is 27.4. The number of piperidine rings is 1. The Hall–Kier alpha value is -3.73. The number of aromatic nitrogens is 2. The average molecular weight is 591 g/mol. The molecule has 0 radical (unpaired) electrons. The normalized spacial score (nSPS) is 19.4. The fraction of sp³-hybridized carbons (Fsp3) is 0.300. The van der Waals surface area contributed by atoms with Gasteiger partial charge in [0.05, 0.1) is 11.1 Å². The third kappa shape index (κ3) is 6.14. The van der Waals surface area contributed by atoms with E-state index in [1.165, 1.54) is 4.31 Å². The van der Waals surface area contributed by atoms with E-state index in [0.717, 1.165) is 41.9 Å². The number of hydrogen-bond acceptors (Lipinski definition) is 7. The number of carbonyl (C=O) groups excluding carboxylic acids is 1. The first-order valence-corrected chi connectivity index (χ1v) is 15.6. The lowest BCUT2D eigenvalue weighted by atomic mass is 9.91. The first-order chi connectivity index (χ1) is 19.8. The third-order valence-electron chi connectivity index (χ3n) is 7.80. The maximum atomic E-state index is 13.4. The summed E-state index contributed by atoms with van der Waals surface area (Å²) < 4.78 is 27.5. The number of sulfonamides is 1. The van der Waals surface area contributed by atoms with Gasteiger partial charge < -0.3 is 16.0 Å². The number of halogens is 1. The van der Waals surface area contributed by atoms with Gasteiger partial charge in [0, 0.05) is 36.1 Å². The Morgan fingerprint density at radius 1 is 1.05 bits per heavy atom. The van der Waals surface area contributed by atoms with E-state index in [9.17, 15) is 13.2 Å². The maximum absolute atomic E-state index is 13.4. The standard InChI is InChI=1S/C30H31ClN6O3S/c31-26-19-32-30-34-23-6-4-5-20(17-23)9-10-22-18-24(33-28(26)36-30)11-12-27(22)35-29(38)21-13-15-37(16-14-21)41(39,40)25-7-2-1-3-8-25/h1-8,11-12,18-21H,9-10,13-17H2,(H,35,38)(H2,32,33,34,36). The van der Waals surface area contributed by atoms with Crippen molar-refractivity contribution in [1.29, 1.82) is 0 Å². The average Bonchev–Trinajstić information content (AvgIpc) is 2.99. The number of aryl methyl sites for hydroxylation is 1. The van der Waals surface area contributed by atoms with Gasteiger partial charge in [0.2, 0.25) is 21.9 Å². The number of benzene rings is 2. The molecule has 1 aliphatic carbocycles. The van der Waals surface area contributed by atoms with Crippen LogP contribution in [-0.2, 0) is 21.2 Å². The Morgan fingerprint density at radius 3 is 2.66 bits per heavy atom. The van der Waals surface area contributed by atoms with Crippen LogP contribution >= 0.6 is 11.6 Å². The number of anilines is 4. The van der Waals surface area contributed by atoms with E-state index in [-0.39, 0.29) is 16.7 Å². The van der Waals surface area contributed by atoms with Crippen LogP contribution < -0.4 is 16.0 Å². The zero-order valence-electron chi connectivity index (χ0n) is 22.4. The lowest BCUT2D eigenvalue weighted by Crippen LogP contribution is -2.41. The van der Waals surface area contributed by atoms with Gasteiger partial charge in [-0.05, 0) is 80.0 Å². The maximum Gasteiger partial charge on any atom is 0.243 e. The Bertz CT molecular complexity index is 1620. The van der Waals surface area contributed by atoms with E-state index in [2.05, 4.69) is 38.1 Å². The molecule has 212 valence electrons. The van der Waals surface area contributed by atoms with Crippen molar-refractivity contribution in [3.63, 3.8) is 0 Å². The first-order valence-electron chi connectivity index (χ1n) is 13.8. The number of nitrogens with one attached hydrogen (secondary N) is 3. The van der Waals surface area contributed by atoms with Crippen molar-refractivity contribution >= 4 is 50.7 Å². The van der Waals surface area contributed by atoms with E-state index in [1.54, 1.807) is 36.5 Å². The molecule has 2 aliphatic heterocycles. The quantitative estimate of drug-likeness (QED) is 0.355. The molecule has 11 heteroatoms. The minimum atomic E-state index is -3.57. The summed E-state index contributed by atoms with van der Waals surface area (Å²) in [5, 5.41) is 10.2. The van der Waals surface area contributed by atoms with Gasteiger partial charge in [-0.1, -0.05) is 42.0 Å². The summed E-state index contributed by atoms with van der Waals surface area (Å²) in [5.74, 6) is 0.938. The highest BCUT2D eigenvalue weighted by molar-refractivity contribution is 7.89. The highest BCUT2D eigenvalue weighted by Crippen LogP contribution is 2.32. The van der Waals surface area contributed by atoms with Crippen LogP contribution in [0.25, 0.3) is 0 Å². The van der Waals surface area contributed by atoms with Crippen LogP contribution in [0.4, 0.5) is 23.1 Å². The lowest BCUT2D eigenvalue weighted by molar-refractivity contribution is -0.120. The molecule has 2 aromatic carbocycles. The Labute approximate surface area is 244 Å². The van der Waals surface area contributed by atoms with Crippen molar-refractivity contribution < 1.29 is 13.2 Å². The summed E-state index contributed by atoms with van der Waals surface area (Å²) in [4.78, 5) is 22.5. The van der Waals surface area contributed by atoms with Gasteiger partial charge in [-0.15, -0.1) is 0 Å². The molecule has 41 heavy (non-hydrogen) atoms. The minimum absolute atomic E-state index is 0.0860. The second-order valence-corrected chi connectivity index (χ2v) is 12.9. The zero-order valence-corrected chi connectivity index (χ0v) is 24.0. The summed E-state index contributed by atoms with van der Waals surface area (Å²) >= 11 is 6.39. The number of amides is 1. The topological polar surface area (TPSA) is 116 Å². The number of allylic oxidation sites excluding steroid dienone is 4. The molecule has 3 N–H and O–H groups in total. The molecule has 1 saturated heterocycles. The van der Waals surface area contributed by atoms with Crippen LogP contribution in [0.3, 0.4) is 0 Å². The summed E-state index contributed by atoms with van der Waals surface area (Å²) in [6.45, 7) is 0.620. The fourth-order valence-electron chi connectivity index (χ4n) is 5.51. The molecule has 1 unspecified atom stereocenters. The van der Waals surface area contributed by atoms with Gasteiger partial charge in [0.25, 0.3) is 0 Å². The van der Waals surface area contributed by atoms with Crippen molar-refractivity contribution in [1.82, 2.24) is 14.3 Å². The van der Waals surface area contributed by atoms with Crippen LogP contribution in [0.1, 0.15) is 31.2 Å². The van der Waals surface area contributed by atoms with Crippen molar-refractivity contribution in [3.8, 4) is 0 Å². The van der Waals surface area contributed by atoms with Crippen molar-refractivity contribution in [3.05, 3.63) is 89.2 Å². The van der Waals surface area contributed by atoms with E-state index in [4.69, 9.17) is 11.6 Å². The predicted octanol–water partition coefficient (Wildman–Crippen LogP) is 5.73. The van der Waals surface area contributed by atoms with E-state index < -0.39 is 10.0 Å². The van der Waals surface area contributed by atoms with E-state index >= 15 is 0 Å². The van der Waals surface area contributed by atoms with Crippen molar-refractivity contribution in [2.75, 3.05) is 29.0 Å². The van der Waals surface area contributed by atoms with Gasteiger partial charge >= 0.3 is 0 Å². The number of fused-ring (bicyclic) bond motifs is 6. The van der Waals surface area contributed by atoms with Crippen LogP contribution in [-0.4, -0.2) is 41.7 Å². The van der Waals surface area contributed by atoms with Crippen LogP contribution in [0.2, 0.25) is 5.02 Å². The van der Waals surface area contributed by atoms with Gasteiger partial charge in [0.15, 0.2) is 5.82 Å². The third-order valence-corrected chi connectivity index (χ3v) is 9.98. The number of nitrogens with zero attached hydrogens (tertiary/aromatic N) is 3. The van der Waals surface area contributed by atoms with Gasteiger partial charge in [-0.3, -0.25) is 4.79 Å². The van der Waals surface area contributed by atoms with Crippen molar-refractivity contribution in [2.24, 2.45) is 11.8 Å². The molecule has 1 amide bonds. The lowest BCUT2D eigenvalue weighted by Gasteiger charge is -2.30. The van der Waals surface area contributed by atoms with Crippen LogP contribution in [0.5, 0.6) is 0 Å². The fourth-order valence-corrected chi connectivity index (χ4v) is 7.14. The highest BCUT2D eigenvalue weighted by Gasteiger charge is 2.32. The van der Waals surface area contributed by atoms with E-state index in [0.29, 0.717) is 48.6 Å². The molecule has 6 rings (SSSR count). The number of hydrogen-bond donors (Lipinski definition) is 3. The molecule has 3 aromatic rings. The minimum Gasteiger partial charge on any atom is -0.339 e. The summed E-state index contributed by atoms with van der Waals surface area (Å²) in [6.07, 6.45) is 11.3. The smallest absolute Gasteiger partial charge is 0.243 e. The van der Waals surface area contributed by atoms with Gasteiger partial charge in [-0.2, -0.15) is 9.29 Å². The highest BCUT2D eigenvalue weighted by atomic mass is 35.5. The molecule has 1 aromatic heterocycles. The molecule has 3 aliphatic rings. The van der Waals surface area contributed by atoms with Crippen LogP contribution in [0, 0.1) is 11.8 Å². The second-order valence-electron chi connectivity index (χ2n) is 10.6. The molecular formula is C30H31ClN6O3S. The number of carbonyl (C=O) groups is 1. The summed E-state index contributed by atoms with van der Waals surface area (Å²) in [5.41, 5.74) is 3.61. The van der Waals surface area contributed by atoms with Gasteiger partial charge in [0.1, 0.15) is 5.02 Å². The molecule has 6 bridgehead atoms. The van der Waals surface area contributed by atoms with Crippen molar-refractivity contribution in [2.45, 2.75) is 37.0 Å². The van der Waals surface area contributed by atoms with E-state index in [1.807, 2.05) is 24.3 Å². The second kappa shape index (κ2) is 11.6. The molecule has 3 heterocycles. The Kier molecular flexibility index (Phi) is 7.79. The molecule has 1 fully saturated rings. The zero-order chi connectivity index (χ0) is 28.4. The Balaban J connectivity index is 1.18. The SMILES string of the molecule is O=C(Nc1ccc2cc1CCC1C=CC=C(C1)Nc1ncc(Cl)c(n1)N2)C1CCN(S(=O)(=O)c2ccccc2)CC1. The Morgan fingerprint density at radius 2 is 1.85 bits per heavy atom. The largest absolute Gasteiger partial charge is 0.339 e. The van der Waals surface area contributed by atoms with Crippen LogP contribution in [0.15, 0.2) is 83.5 Å². The molecule has 0 saturated carbocycles. The monoisotopic (exact) mass is 590 g/mol.